The van der Waals surface area contributed by atoms with Gasteiger partial charge >= 0.3 is 0 Å². The van der Waals surface area contributed by atoms with Crippen molar-refractivity contribution in [3.05, 3.63) is 70.8 Å². The maximum Gasteiger partial charge on any atom is 0.281 e. The molecule has 2 aromatic carbocycles. The maximum atomic E-state index is 12.4. The molecule has 0 radical (unpaired) electrons. The normalized spacial score (nSPS) is 11.3. The number of hydrogen-bond donors (Lipinski definition) is 0. The van der Waals surface area contributed by atoms with Crippen molar-refractivity contribution in [2.24, 2.45) is 5.10 Å². The molecule has 0 atom stereocenters. The number of ether oxygens (including phenoxy) is 1. The van der Waals surface area contributed by atoms with Crippen LogP contribution in [0, 0.1) is 0 Å². The van der Waals surface area contributed by atoms with E-state index in [1.807, 2.05) is 42.5 Å². The molecule has 0 saturated carbocycles. The second-order valence-electron chi connectivity index (χ2n) is 6.13. The largest absolute Gasteiger partial charge is 0.494 e. The fraction of sp³-hybridized carbons (Fsp3) is 0.286. The zero-order valence-corrected chi connectivity index (χ0v) is 15.0. The molecule has 0 spiro atoms. The Morgan fingerprint density at radius 2 is 1.88 bits per heavy atom. The summed E-state index contributed by atoms with van der Waals surface area (Å²) < 4.78 is 6.98. The van der Waals surface area contributed by atoms with Gasteiger partial charge in [0.2, 0.25) is 0 Å². The standard InChI is InChI=1S/C21H23N3O2/c1-2-3-4-7-14-26-18-12-10-17(11-13-18)15-23-24-16-22-20-9-6-5-8-19(20)21(24)25/h5-6,8-13,15-16H,2-4,7,14H2,1H3/b23-15+. The number of para-hydroxylation sites is 1. The van der Waals surface area contributed by atoms with E-state index in [2.05, 4.69) is 17.0 Å². The SMILES string of the molecule is CCCCCCOc1ccc(/C=N/n2cnc3ccccc3c2=O)cc1. The summed E-state index contributed by atoms with van der Waals surface area (Å²) in [6.07, 6.45) is 7.84. The van der Waals surface area contributed by atoms with Crippen LogP contribution in [0.1, 0.15) is 38.2 Å². The second kappa shape index (κ2) is 8.94. The highest BCUT2D eigenvalue weighted by atomic mass is 16.5. The lowest BCUT2D eigenvalue weighted by Crippen LogP contribution is -2.16. The monoisotopic (exact) mass is 349 g/mol. The van der Waals surface area contributed by atoms with Gasteiger partial charge in [-0.05, 0) is 48.4 Å². The fourth-order valence-corrected chi connectivity index (χ4v) is 2.64. The second-order valence-corrected chi connectivity index (χ2v) is 6.13. The third-order valence-electron chi connectivity index (χ3n) is 4.13. The number of aromatic nitrogens is 2. The van der Waals surface area contributed by atoms with E-state index < -0.39 is 0 Å². The molecule has 1 aromatic heterocycles. The number of hydrogen-bond acceptors (Lipinski definition) is 4. The van der Waals surface area contributed by atoms with Crippen LogP contribution in [0.15, 0.2) is 64.8 Å². The topological polar surface area (TPSA) is 56.5 Å². The summed E-state index contributed by atoms with van der Waals surface area (Å²) in [5.74, 6) is 0.850. The van der Waals surface area contributed by atoms with Gasteiger partial charge in [-0.15, -0.1) is 0 Å². The molecule has 3 aromatic rings. The number of fused-ring (bicyclic) bond motifs is 1. The molecule has 5 heteroatoms. The summed E-state index contributed by atoms with van der Waals surface area (Å²) in [4.78, 5) is 16.6. The van der Waals surface area contributed by atoms with E-state index in [1.54, 1.807) is 12.3 Å². The zero-order valence-electron chi connectivity index (χ0n) is 15.0. The minimum atomic E-state index is -0.182. The van der Waals surface area contributed by atoms with Gasteiger partial charge in [0.15, 0.2) is 0 Å². The third-order valence-corrected chi connectivity index (χ3v) is 4.13. The smallest absolute Gasteiger partial charge is 0.281 e. The first-order valence-corrected chi connectivity index (χ1v) is 9.01. The highest BCUT2D eigenvalue weighted by Crippen LogP contribution is 2.12. The molecule has 0 saturated heterocycles. The van der Waals surface area contributed by atoms with Crippen LogP contribution in [0.2, 0.25) is 0 Å². The van der Waals surface area contributed by atoms with Crippen molar-refractivity contribution in [3.63, 3.8) is 0 Å². The molecule has 3 rings (SSSR count). The molecule has 26 heavy (non-hydrogen) atoms. The summed E-state index contributed by atoms with van der Waals surface area (Å²) in [5.41, 5.74) is 1.38. The lowest BCUT2D eigenvalue weighted by Gasteiger charge is -2.06. The molecule has 0 unspecified atom stereocenters. The average Bonchev–Trinajstić information content (AvgIpc) is 2.68. The van der Waals surface area contributed by atoms with Crippen LogP contribution in [0.3, 0.4) is 0 Å². The summed E-state index contributed by atoms with van der Waals surface area (Å²) >= 11 is 0. The van der Waals surface area contributed by atoms with Gasteiger partial charge in [-0.3, -0.25) is 4.79 Å². The minimum Gasteiger partial charge on any atom is -0.494 e. The first-order chi connectivity index (χ1) is 12.8. The van der Waals surface area contributed by atoms with E-state index in [-0.39, 0.29) is 5.56 Å². The summed E-state index contributed by atoms with van der Waals surface area (Å²) in [5, 5.41) is 4.78. The summed E-state index contributed by atoms with van der Waals surface area (Å²) in [6, 6.07) is 14.9. The predicted octanol–water partition coefficient (Wildman–Crippen LogP) is 4.24. The lowest BCUT2D eigenvalue weighted by atomic mass is 10.2. The number of benzene rings is 2. The Kier molecular flexibility index (Phi) is 6.14. The molecule has 0 aliphatic rings. The Balaban J connectivity index is 1.64. The maximum absolute atomic E-state index is 12.4. The number of unbranched alkanes of at least 4 members (excludes halogenated alkanes) is 3. The molecule has 0 N–H and O–H groups in total. The van der Waals surface area contributed by atoms with Gasteiger partial charge in [-0.1, -0.05) is 38.3 Å². The van der Waals surface area contributed by atoms with Crippen LogP contribution in [-0.4, -0.2) is 22.5 Å². The first-order valence-electron chi connectivity index (χ1n) is 9.01. The Hall–Kier alpha value is -2.95. The fourth-order valence-electron chi connectivity index (χ4n) is 2.64. The zero-order chi connectivity index (χ0) is 18.2. The molecular formula is C21H23N3O2. The van der Waals surface area contributed by atoms with Crippen molar-refractivity contribution < 1.29 is 4.74 Å². The first kappa shape index (κ1) is 17.9. The van der Waals surface area contributed by atoms with Gasteiger partial charge in [0.1, 0.15) is 12.1 Å². The third kappa shape index (κ3) is 4.57. The van der Waals surface area contributed by atoms with Gasteiger partial charge in [0, 0.05) is 0 Å². The Labute approximate surface area is 153 Å². The predicted molar refractivity (Wildman–Crippen MR) is 105 cm³/mol. The van der Waals surface area contributed by atoms with E-state index in [0.717, 1.165) is 24.3 Å². The average molecular weight is 349 g/mol. The quantitative estimate of drug-likeness (QED) is 0.451. The highest BCUT2D eigenvalue weighted by Gasteiger charge is 2.01. The van der Waals surface area contributed by atoms with E-state index in [9.17, 15) is 4.79 Å². The van der Waals surface area contributed by atoms with Crippen molar-refractivity contribution in [2.45, 2.75) is 32.6 Å². The van der Waals surface area contributed by atoms with Crippen molar-refractivity contribution in [2.75, 3.05) is 6.61 Å². The van der Waals surface area contributed by atoms with Crippen molar-refractivity contribution in [1.29, 1.82) is 0 Å². The Morgan fingerprint density at radius 1 is 1.08 bits per heavy atom. The number of nitrogens with zero attached hydrogens (tertiary/aromatic N) is 3. The highest BCUT2D eigenvalue weighted by molar-refractivity contribution is 5.80. The van der Waals surface area contributed by atoms with Crippen LogP contribution in [0.25, 0.3) is 10.9 Å². The lowest BCUT2D eigenvalue weighted by molar-refractivity contribution is 0.305. The number of rotatable bonds is 8. The van der Waals surface area contributed by atoms with Gasteiger partial charge in [0.25, 0.3) is 5.56 Å². The van der Waals surface area contributed by atoms with Crippen molar-refractivity contribution in [3.8, 4) is 5.75 Å². The van der Waals surface area contributed by atoms with E-state index in [4.69, 9.17) is 4.74 Å². The van der Waals surface area contributed by atoms with Crippen LogP contribution >= 0.6 is 0 Å². The Bertz CT molecular complexity index is 930. The van der Waals surface area contributed by atoms with Gasteiger partial charge in [-0.25, -0.2) is 4.98 Å². The van der Waals surface area contributed by atoms with E-state index in [1.165, 1.54) is 30.3 Å². The van der Waals surface area contributed by atoms with Crippen molar-refractivity contribution >= 4 is 17.1 Å². The summed E-state index contributed by atoms with van der Waals surface area (Å²) in [7, 11) is 0. The van der Waals surface area contributed by atoms with E-state index >= 15 is 0 Å². The van der Waals surface area contributed by atoms with Crippen LogP contribution in [-0.2, 0) is 0 Å². The molecule has 0 fully saturated rings. The molecule has 134 valence electrons. The summed E-state index contributed by atoms with van der Waals surface area (Å²) in [6.45, 7) is 2.94. The molecule has 0 aliphatic carbocycles. The molecule has 0 aliphatic heterocycles. The van der Waals surface area contributed by atoms with Gasteiger partial charge in [-0.2, -0.15) is 9.78 Å². The van der Waals surface area contributed by atoms with Crippen LogP contribution in [0.4, 0.5) is 0 Å². The van der Waals surface area contributed by atoms with Crippen molar-refractivity contribution in [1.82, 2.24) is 9.66 Å². The van der Waals surface area contributed by atoms with Crippen LogP contribution < -0.4 is 10.3 Å². The van der Waals surface area contributed by atoms with Gasteiger partial charge in [0.05, 0.1) is 23.7 Å². The molecule has 5 nitrogen and oxygen atoms in total. The van der Waals surface area contributed by atoms with Gasteiger partial charge < -0.3 is 4.74 Å². The minimum absolute atomic E-state index is 0.182. The van der Waals surface area contributed by atoms with Crippen LogP contribution in [0.5, 0.6) is 5.75 Å². The molecule has 1 heterocycles. The molecular weight excluding hydrogens is 326 g/mol. The van der Waals surface area contributed by atoms with E-state index in [0.29, 0.717) is 10.9 Å². The molecule has 0 amide bonds. The Morgan fingerprint density at radius 3 is 2.69 bits per heavy atom. The molecule has 0 bridgehead atoms.